The predicted octanol–water partition coefficient (Wildman–Crippen LogP) is 1.53. The highest BCUT2D eigenvalue weighted by atomic mass is 35.5. The van der Waals surface area contributed by atoms with Crippen LogP contribution in [0, 0.1) is 11.3 Å². The van der Waals surface area contributed by atoms with Crippen LogP contribution in [0.2, 0.25) is 5.02 Å². The van der Waals surface area contributed by atoms with Crippen molar-refractivity contribution >= 4 is 23.4 Å². The minimum absolute atomic E-state index is 0.135. The lowest BCUT2D eigenvalue weighted by atomic mass is 10.2. The molecule has 0 atom stereocenters. The van der Waals surface area contributed by atoms with Crippen LogP contribution in [-0.2, 0) is 14.4 Å². The average Bonchev–Trinajstić information content (AvgIpc) is 2.89. The number of hydrogen-bond acceptors (Lipinski definition) is 6. The Kier molecular flexibility index (Phi) is 3.68. The highest BCUT2D eigenvalue weighted by molar-refractivity contribution is 6.31. The molecule has 7 heteroatoms. The number of amidine groups is 1. The number of aliphatic imine (C=N–C) groups is 1. The number of carbonyl (C=O) groups excluding carboxylic acids is 1. The third kappa shape index (κ3) is 2.67. The third-order valence-electron chi connectivity index (χ3n) is 2.27. The fourth-order valence-corrected chi connectivity index (χ4v) is 1.58. The van der Waals surface area contributed by atoms with Crippen molar-refractivity contribution in [1.82, 2.24) is 5.48 Å². The molecule has 1 aromatic carbocycles. The van der Waals surface area contributed by atoms with Crippen LogP contribution in [0.1, 0.15) is 5.56 Å². The van der Waals surface area contributed by atoms with Crippen LogP contribution >= 0.6 is 11.6 Å². The van der Waals surface area contributed by atoms with E-state index in [-0.39, 0.29) is 11.5 Å². The summed E-state index contributed by atoms with van der Waals surface area (Å²) in [7, 11) is 1.17. The third-order valence-corrected chi connectivity index (χ3v) is 2.51. The molecule has 0 amide bonds. The molecular formula is C12H8ClN3O3. The van der Waals surface area contributed by atoms with Gasteiger partial charge in [0.05, 0.1) is 7.11 Å². The molecule has 0 spiro atoms. The average molecular weight is 278 g/mol. The van der Waals surface area contributed by atoms with Gasteiger partial charge < -0.3 is 9.57 Å². The first-order valence-corrected chi connectivity index (χ1v) is 5.53. The molecule has 0 aliphatic carbocycles. The number of benzene rings is 1. The van der Waals surface area contributed by atoms with Crippen LogP contribution in [-0.4, -0.2) is 18.9 Å². The van der Waals surface area contributed by atoms with Gasteiger partial charge in [0.25, 0.3) is 5.88 Å². The van der Waals surface area contributed by atoms with Gasteiger partial charge in [-0.15, -0.1) is 0 Å². The highest BCUT2D eigenvalue weighted by Gasteiger charge is 2.23. The van der Waals surface area contributed by atoms with Crippen molar-refractivity contribution in [1.29, 1.82) is 5.26 Å². The summed E-state index contributed by atoms with van der Waals surface area (Å²) in [6, 6.07) is 8.57. The topological polar surface area (TPSA) is 83.7 Å². The first-order valence-electron chi connectivity index (χ1n) is 5.16. The van der Waals surface area contributed by atoms with Crippen molar-refractivity contribution in [2.45, 2.75) is 0 Å². The van der Waals surface area contributed by atoms with E-state index in [1.165, 1.54) is 7.11 Å². The molecule has 0 radical (unpaired) electrons. The van der Waals surface area contributed by atoms with E-state index < -0.39 is 5.97 Å². The monoisotopic (exact) mass is 277 g/mol. The lowest BCUT2D eigenvalue weighted by molar-refractivity contribution is -0.135. The Morgan fingerprint density at radius 3 is 3.00 bits per heavy atom. The van der Waals surface area contributed by atoms with Crippen LogP contribution in [0.25, 0.3) is 0 Å². The summed E-state index contributed by atoms with van der Waals surface area (Å²) in [6.07, 6.45) is 0. The van der Waals surface area contributed by atoms with E-state index in [0.29, 0.717) is 16.4 Å². The summed E-state index contributed by atoms with van der Waals surface area (Å²) in [5, 5.41) is 9.42. The number of hydroxylamine groups is 1. The van der Waals surface area contributed by atoms with Gasteiger partial charge in [-0.05, 0) is 12.1 Å². The molecular weight excluding hydrogens is 270 g/mol. The van der Waals surface area contributed by atoms with E-state index in [2.05, 4.69) is 15.2 Å². The molecule has 0 fully saturated rings. The van der Waals surface area contributed by atoms with Gasteiger partial charge in [-0.25, -0.2) is 10.3 Å². The van der Waals surface area contributed by atoms with Crippen molar-refractivity contribution < 1.29 is 14.4 Å². The number of nitriles is 1. The summed E-state index contributed by atoms with van der Waals surface area (Å²) in [6.45, 7) is 0. The van der Waals surface area contributed by atoms with Gasteiger partial charge in [-0.1, -0.05) is 23.7 Å². The normalized spacial score (nSPS) is 15.7. The Hall–Kier alpha value is -2.52. The van der Waals surface area contributed by atoms with E-state index in [9.17, 15) is 4.79 Å². The van der Waals surface area contributed by atoms with Gasteiger partial charge >= 0.3 is 5.97 Å². The largest absolute Gasteiger partial charge is 0.465 e. The molecule has 0 saturated carbocycles. The molecule has 1 aliphatic heterocycles. The number of halogens is 1. The zero-order valence-corrected chi connectivity index (χ0v) is 10.6. The predicted molar refractivity (Wildman–Crippen MR) is 66.9 cm³/mol. The molecule has 1 aromatic rings. The quantitative estimate of drug-likeness (QED) is 0.503. The SMILES string of the molecule is COC(=O)/C(C#N)=C1\N=C(c2cccc(Cl)c2)NO1. The van der Waals surface area contributed by atoms with Gasteiger partial charge in [0.2, 0.25) is 5.57 Å². The standard InChI is InChI=1S/C12H8ClN3O3/c1-18-12(17)9(6-14)11-15-10(16-19-11)7-3-2-4-8(13)5-7/h2-5H,1H3,(H,15,16)/b11-9+. The second kappa shape index (κ2) is 5.42. The number of ether oxygens (including phenoxy) is 1. The van der Waals surface area contributed by atoms with Crippen molar-refractivity contribution in [2.24, 2.45) is 4.99 Å². The maximum atomic E-state index is 11.3. The molecule has 19 heavy (non-hydrogen) atoms. The molecule has 1 aliphatic rings. The van der Waals surface area contributed by atoms with Gasteiger partial charge in [-0.2, -0.15) is 10.3 Å². The number of carbonyl (C=O) groups is 1. The van der Waals surface area contributed by atoms with E-state index in [1.54, 1.807) is 30.3 Å². The summed E-state index contributed by atoms with van der Waals surface area (Å²) in [4.78, 5) is 20.3. The zero-order chi connectivity index (χ0) is 13.8. The van der Waals surface area contributed by atoms with Crippen LogP contribution in [0.4, 0.5) is 0 Å². The molecule has 0 aromatic heterocycles. The molecule has 0 saturated heterocycles. The minimum atomic E-state index is -0.810. The Balaban J connectivity index is 2.38. The number of methoxy groups -OCH3 is 1. The van der Waals surface area contributed by atoms with Gasteiger partial charge in [0.15, 0.2) is 5.84 Å². The summed E-state index contributed by atoms with van der Waals surface area (Å²) >= 11 is 5.86. The number of nitrogens with one attached hydrogen (secondary N) is 1. The minimum Gasteiger partial charge on any atom is -0.465 e. The summed E-state index contributed by atoms with van der Waals surface area (Å²) in [5.74, 6) is -0.589. The zero-order valence-electron chi connectivity index (χ0n) is 9.81. The summed E-state index contributed by atoms with van der Waals surface area (Å²) < 4.78 is 4.46. The Bertz CT molecular complexity index is 631. The van der Waals surface area contributed by atoms with Crippen LogP contribution in [0.3, 0.4) is 0 Å². The number of esters is 1. The van der Waals surface area contributed by atoms with Gasteiger partial charge in [0, 0.05) is 10.6 Å². The first kappa shape index (κ1) is 12.9. The highest BCUT2D eigenvalue weighted by Crippen LogP contribution is 2.17. The second-order valence-corrected chi connectivity index (χ2v) is 3.89. The Morgan fingerprint density at radius 2 is 2.37 bits per heavy atom. The molecule has 1 heterocycles. The van der Waals surface area contributed by atoms with Crippen LogP contribution in [0.15, 0.2) is 40.7 Å². The molecule has 1 N–H and O–H groups in total. The van der Waals surface area contributed by atoms with E-state index in [4.69, 9.17) is 21.7 Å². The Labute approximate surface area is 113 Å². The Morgan fingerprint density at radius 1 is 1.58 bits per heavy atom. The number of hydrogen-bond donors (Lipinski definition) is 1. The number of nitrogens with zero attached hydrogens (tertiary/aromatic N) is 2. The van der Waals surface area contributed by atoms with E-state index >= 15 is 0 Å². The molecule has 2 rings (SSSR count). The van der Waals surface area contributed by atoms with Crippen LogP contribution in [0.5, 0.6) is 0 Å². The lowest BCUT2D eigenvalue weighted by Gasteiger charge is -2.00. The smallest absolute Gasteiger partial charge is 0.354 e. The van der Waals surface area contributed by atoms with Crippen molar-refractivity contribution in [2.75, 3.05) is 7.11 Å². The fourth-order valence-electron chi connectivity index (χ4n) is 1.39. The van der Waals surface area contributed by atoms with E-state index in [1.807, 2.05) is 0 Å². The van der Waals surface area contributed by atoms with E-state index in [0.717, 1.165) is 0 Å². The second-order valence-electron chi connectivity index (χ2n) is 3.46. The molecule has 96 valence electrons. The molecule has 0 unspecified atom stereocenters. The van der Waals surface area contributed by atoms with Gasteiger partial charge in [-0.3, -0.25) is 0 Å². The van der Waals surface area contributed by atoms with Crippen LogP contribution < -0.4 is 5.48 Å². The maximum absolute atomic E-state index is 11.3. The van der Waals surface area contributed by atoms with Gasteiger partial charge in [0.1, 0.15) is 6.07 Å². The maximum Gasteiger partial charge on any atom is 0.354 e. The summed E-state index contributed by atoms with van der Waals surface area (Å²) in [5.41, 5.74) is 2.88. The number of rotatable bonds is 2. The molecule has 0 bridgehead atoms. The molecule has 6 nitrogen and oxygen atoms in total. The van der Waals surface area contributed by atoms with Crippen molar-refractivity contribution in [3.8, 4) is 6.07 Å². The van der Waals surface area contributed by atoms with Crippen molar-refractivity contribution in [3.05, 3.63) is 46.3 Å². The van der Waals surface area contributed by atoms with Crippen molar-refractivity contribution in [3.63, 3.8) is 0 Å². The fraction of sp³-hybridized carbons (Fsp3) is 0.0833. The first-order chi connectivity index (χ1) is 9.15. The lowest BCUT2D eigenvalue weighted by Crippen LogP contribution is -2.17.